The highest BCUT2D eigenvalue weighted by Crippen LogP contribution is 2.28. The van der Waals surface area contributed by atoms with E-state index in [4.69, 9.17) is 4.74 Å². The van der Waals surface area contributed by atoms with E-state index in [1.165, 1.54) is 0 Å². The minimum atomic E-state index is -0.0500. The van der Waals surface area contributed by atoms with Gasteiger partial charge in [0.15, 0.2) is 0 Å². The number of amides is 2. The van der Waals surface area contributed by atoms with Gasteiger partial charge in [-0.1, -0.05) is 18.2 Å². The maximum Gasteiger partial charge on any atom is 0.321 e. The van der Waals surface area contributed by atoms with Crippen LogP contribution in [0.2, 0.25) is 0 Å². The van der Waals surface area contributed by atoms with Crippen LogP contribution in [-0.2, 0) is 0 Å². The van der Waals surface area contributed by atoms with Crippen LogP contribution in [0.4, 0.5) is 21.9 Å². The standard InChI is InChI=1S/C21H28N4O2/c1-4-23(2)18-9-7-8-17(16-18)22-21(26)25-14-12-24(13-15-25)19-10-5-6-11-20(19)27-3/h5-11,16H,4,12-15H2,1-3H3,(H,22,26). The third-order valence-corrected chi connectivity index (χ3v) is 5.01. The van der Waals surface area contributed by atoms with Crippen molar-refractivity contribution in [3.63, 3.8) is 0 Å². The van der Waals surface area contributed by atoms with Crippen molar-refractivity contribution in [3.8, 4) is 5.75 Å². The van der Waals surface area contributed by atoms with Crippen molar-refractivity contribution in [1.82, 2.24) is 4.90 Å². The highest BCUT2D eigenvalue weighted by Gasteiger charge is 2.23. The van der Waals surface area contributed by atoms with Gasteiger partial charge in [-0.2, -0.15) is 0 Å². The number of methoxy groups -OCH3 is 1. The van der Waals surface area contributed by atoms with Gasteiger partial charge in [0.2, 0.25) is 0 Å². The maximum absolute atomic E-state index is 12.6. The van der Waals surface area contributed by atoms with E-state index in [2.05, 4.69) is 28.1 Å². The second-order valence-electron chi connectivity index (χ2n) is 6.64. The van der Waals surface area contributed by atoms with Crippen molar-refractivity contribution >= 4 is 23.1 Å². The minimum absolute atomic E-state index is 0.0500. The summed E-state index contributed by atoms with van der Waals surface area (Å²) in [6, 6.07) is 15.9. The van der Waals surface area contributed by atoms with Crippen LogP contribution in [0.3, 0.4) is 0 Å². The fraction of sp³-hybridized carbons (Fsp3) is 0.381. The molecule has 1 saturated heterocycles. The molecule has 0 radical (unpaired) electrons. The Morgan fingerprint density at radius 1 is 1.11 bits per heavy atom. The van der Waals surface area contributed by atoms with E-state index in [0.717, 1.165) is 42.4 Å². The highest BCUT2D eigenvalue weighted by atomic mass is 16.5. The van der Waals surface area contributed by atoms with Crippen LogP contribution >= 0.6 is 0 Å². The summed E-state index contributed by atoms with van der Waals surface area (Å²) >= 11 is 0. The molecule has 2 aromatic rings. The molecule has 2 aromatic carbocycles. The van der Waals surface area contributed by atoms with Crippen LogP contribution < -0.4 is 19.9 Å². The number of para-hydroxylation sites is 2. The number of ether oxygens (including phenoxy) is 1. The molecule has 0 bridgehead atoms. The first-order valence-corrected chi connectivity index (χ1v) is 9.37. The van der Waals surface area contributed by atoms with Crippen LogP contribution in [0, 0.1) is 0 Å². The number of rotatable bonds is 5. The zero-order chi connectivity index (χ0) is 19.2. The van der Waals surface area contributed by atoms with Crippen LogP contribution in [0.15, 0.2) is 48.5 Å². The van der Waals surface area contributed by atoms with Crippen LogP contribution in [0.5, 0.6) is 5.75 Å². The number of piperazine rings is 1. The van der Waals surface area contributed by atoms with Gasteiger partial charge in [0.25, 0.3) is 0 Å². The van der Waals surface area contributed by atoms with Gasteiger partial charge in [-0.05, 0) is 37.3 Å². The number of hydrogen-bond acceptors (Lipinski definition) is 4. The van der Waals surface area contributed by atoms with Gasteiger partial charge in [0.1, 0.15) is 5.75 Å². The third-order valence-electron chi connectivity index (χ3n) is 5.01. The Bertz CT molecular complexity index is 772. The zero-order valence-corrected chi connectivity index (χ0v) is 16.3. The van der Waals surface area contributed by atoms with E-state index >= 15 is 0 Å². The van der Waals surface area contributed by atoms with E-state index in [1.54, 1.807) is 7.11 Å². The van der Waals surface area contributed by atoms with Crippen molar-refractivity contribution in [1.29, 1.82) is 0 Å². The molecule has 1 heterocycles. The summed E-state index contributed by atoms with van der Waals surface area (Å²) < 4.78 is 5.45. The summed E-state index contributed by atoms with van der Waals surface area (Å²) in [6.07, 6.45) is 0. The first kappa shape index (κ1) is 18.9. The summed E-state index contributed by atoms with van der Waals surface area (Å²) in [5, 5.41) is 3.03. The van der Waals surface area contributed by atoms with Gasteiger partial charge < -0.3 is 24.8 Å². The van der Waals surface area contributed by atoms with Gasteiger partial charge in [-0.25, -0.2) is 4.79 Å². The SMILES string of the molecule is CCN(C)c1cccc(NC(=O)N2CCN(c3ccccc3OC)CC2)c1. The molecule has 27 heavy (non-hydrogen) atoms. The van der Waals surface area contributed by atoms with Gasteiger partial charge in [-0.15, -0.1) is 0 Å². The molecule has 1 N–H and O–H groups in total. The monoisotopic (exact) mass is 368 g/mol. The molecule has 0 aliphatic carbocycles. The summed E-state index contributed by atoms with van der Waals surface area (Å²) in [6.45, 7) is 5.95. The molecule has 1 fully saturated rings. The quantitative estimate of drug-likeness (QED) is 0.877. The van der Waals surface area contributed by atoms with Gasteiger partial charge in [0, 0.05) is 51.1 Å². The number of carbonyl (C=O) groups is 1. The number of anilines is 3. The fourth-order valence-corrected chi connectivity index (χ4v) is 3.25. The molecule has 0 unspecified atom stereocenters. The Kier molecular flexibility index (Phi) is 6.06. The number of nitrogens with one attached hydrogen (secondary N) is 1. The average Bonchev–Trinajstić information content (AvgIpc) is 2.73. The van der Waals surface area contributed by atoms with E-state index < -0.39 is 0 Å². The second-order valence-corrected chi connectivity index (χ2v) is 6.64. The predicted octanol–water partition coefficient (Wildman–Crippen LogP) is 3.51. The number of hydrogen-bond donors (Lipinski definition) is 1. The first-order valence-electron chi connectivity index (χ1n) is 9.37. The molecular weight excluding hydrogens is 340 g/mol. The van der Waals surface area contributed by atoms with Crippen molar-refractivity contribution in [3.05, 3.63) is 48.5 Å². The lowest BCUT2D eigenvalue weighted by Gasteiger charge is -2.36. The second kappa shape index (κ2) is 8.66. The van der Waals surface area contributed by atoms with E-state index in [1.807, 2.05) is 54.4 Å². The molecule has 0 saturated carbocycles. The third kappa shape index (κ3) is 4.45. The van der Waals surface area contributed by atoms with Crippen molar-refractivity contribution in [2.45, 2.75) is 6.92 Å². The number of nitrogens with zero attached hydrogens (tertiary/aromatic N) is 3. The topological polar surface area (TPSA) is 48.1 Å². The van der Waals surface area contributed by atoms with Gasteiger partial charge >= 0.3 is 6.03 Å². The normalized spacial score (nSPS) is 14.0. The lowest BCUT2D eigenvalue weighted by atomic mass is 10.2. The Hall–Kier alpha value is -2.89. The minimum Gasteiger partial charge on any atom is -0.495 e. The molecule has 2 amide bonds. The van der Waals surface area contributed by atoms with Gasteiger partial charge in [-0.3, -0.25) is 0 Å². The van der Waals surface area contributed by atoms with Crippen LogP contribution in [0.25, 0.3) is 0 Å². The number of urea groups is 1. The molecule has 6 heteroatoms. The lowest BCUT2D eigenvalue weighted by Crippen LogP contribution is -2.50. The summed E-state index contributed by atoms with van der Waals surface area (Å²) in [5.41, 5.74) is 3.00. The highest BCUT2D eigenvalue weighted by molar-refractivity contribution is 5.90. The van der Waals surface area contributed by atoms with E-state index in [-0.39, 0.29) is 6.03 Å². The molecule has 0 atom stereocenters. The van der Waals surface area contributed by atoms with Crippen LogP contribution in [-0.4, -0.2) is 57.8 Å². The largest absolute Gasteiger partial charge is 0.495 e. The van der Waals surface area contributed by atoms with Crippen molar-refractivity contribution < 1.29 is 9.53 Å². The summed E-state index contributed by atoms with van der Waals surface area (Å²) in [5.74, 6) is 0.868. The Labute approximate surface area is 161 Å². The molecule has 144 valence electrons. The Morgan fingerprint density at radius 3 is 2.56 bits per heavy atom. The van der Waals surface area contributed by atoms with Crippen LogP contribution in [0.1, 0.15) is 6.92 Å². The fourth-order valence-electron chi connectivity index (χ4n) is 3.25. The van der Waals surface area contributed by atoms with Gasteiger partial charge in [0.05, 0.1) is 12.8 Å². The maximum atomic E-state index is 12.6. The Morgan fingerprint density at radius 2 is 1.85 bits per heavy atom. The van der Waals surface area contributed by atoms with E-state index in [0.29, 0.717) is 13.1 Å². The Balaban J connectivity index is 1.59. The zero-order valence-electron chi connectivity index (χ0n) is 16.3. The summed E-state index contributed by atoms with van der Waals surface area (Å²) in [4.78, 5) is 18.9. The summed E-state index contributed by atoms with van der Waals surface area (Å²) in [7, 11) is 3.73. The molecule has 1 aliphatic heterocycles. The molecular formula is C21H28N4O2. The predicted molar refractivity (Wildman–Crippen MR) is 111 cm³/mol. The molecule has 6 nitrogen and oxygen atoms in total. The van der Waals surface area contributed by atoms with E-state index in [9.17, 15) is 4.79 Å². The van der Waals surface area contributed by atoms with Crippen molar-refractivity contribution in [2.75, 3.05) is 62.0 Å². The van der Waals surface area contributed by atoms with Crippen molar-refractivity contribution in [2.24, 2.45) is 0 Å². The smallest absolute Gasteiger partial charge is 0.321 e. The first-order chi connectivity index (χ1) is 13.1. The molecule has 0 aromatic heterocycles. The molecule has 0 spiro atoms. The number of carbonyl (C=O) groups excluding carboxylic acids is 1. The molecule has 3 rings (SSSR count). The number of benzene rings is 2. The lowest BCUT2D eigenvalue weighted by molar-refractivity contribution is 0.208. The average molecular weight is 368 g/mol. The molecule has 1 aliphatic rings.